The highest BCUT2D eigenvalue weighted by molar-refractivity contribution is 6.01. The van der Waals surface area contributed by atoms with E-state index in [1.165, 1.54) is 13.2 Å². The molecule has 1 aromatic carbocycles. The number of carbonyl (C=O) groups is 1. The molecule has 0 unspecified atom stereocenters. The molecule has 3 aromatic rings. The second-order valence-electron chi connectivity index (χ2n) is 4.05. The topological polar surface area (TPSA) is 82.5 Å². The molecule has 19 heavy (non-hydrogen) atoms. The van der Waals surface area contributed by atoms with Crippen molar-refractivity contribution < 1.29 is 18.4 Å². The SMILES string of the molecule is COC(=O)c1nc2ccc3c(C)cc(=O)oc3c2o1. The molecule has 0 N–H and O–H groups in total. The first-order valence-electron chi connectivity index (χ1n) is 5.52. The first kappa shape index (κ1) is 11.5. The van der Waals surface area contributed by atoms with Crippen molar-refractivity contribution in [2.45, 2.75) is 6.92 Å². The maximum Gasteiger partial charge on any atom is 0.394 e. The average molecular weight is 259 g/mol. The summed E-state index contributed by atoms with van der Waals surface area (Å²) in [5.74, 6) is -0.853. The van der Waals surface area contributed by atoms with Crippen LogP contribution in [0.5, 0.6) is 0 Å². The van der Waals surface area contributed by atoms with E-state index in [0.29, 0.717) is 5.52 Å². The number of aryl methyl sites for hydroxylation is 1. The molecule has 0 saturated carbocycles. The number of oxazole rings is 1. The van der Waals surface area contributed by atoms with Gasteiger partial charge in [-0.05, 0) is 24.6 Å². The minimum atomic E-state index is -0.681. The van der Waals surface area contributed by atoms with Gasteiger partial charge < -0.3 is 13.6 Å². The van der Waals surface area contributed by atoms with E-state index in [0.717, 1.165) is 10.9 Å². The monoisotopic (exact) mass is 259 g/mol. The molecule has 6 heteroatoms. The summed E-state index contributed by atoms with van der Waals surface area (Å²) in [5.41, 5.74) is 1.27. The van der Waals surface area contributed by atoms with E-state index in [9.17, 15) is 9.59 Å². The molecule has 2 heterocycles. The largest absolute Gasteiger partial charge is 0.462 e. The number of hydrogen-bond acceptors (Lipinski definition) is 6. The number of carbonyl (C=O) groups excluding carboxylic acids is 1. The van der Waals surface area contributed by atoms with Gasteiger partial charge in [0.25, 0.3) is 0 Å². The molecule has 2 aromatic heterocycles. The number of ether oxygens (including phenoxy) is 1. The lowest BCUT2D eigenvalue weighted by Crippen LogP contribution is -2.00. The molecule has 0 bridgehead atoms. The summed E-state index contributed by atoms with van der Waals surface area (Å²) < 4.78 is 15.0. The number of aromatic nitrogens is 1. The fourth-order valence-electron chi connectivity index (χ4n) is 1.94. The predicted octanol–water partition coefficient (Wildman–Crippen LogP) is 2.03. The zero-order valence-electron chi connectivity index (χ0n) is 10.2. The number of methoxy groups -OCH3 is 1. The number of fused-ring (bicyclic) bond motifs is 3. The quantitative estimate of drug-likeness (QED) is 0.491. The van der Waals surface area contributed by atoms with Gasteiger partial charge in [0.1, 0.15) is 5.52 Å². The Bertz CT molecular complexity index is 858. The highest BCUT2D eigenvalue weighted by atomic mass is 16.5. The van der Waals surface area contributed by atoms with Gasteiger partial charge >= 0.3 is 17.5 Å². The van der Waals surface area contributed by atoms with Gasteiger partial charge in [-0.1, -0.05) is 0 Å². The third-order valence-electron chi connectivity index (χ3n) is 2.83. The van der Waals surface area contributed by atoms with Crippen LogP contribution in [0.25, 0.3) is 22.1 Å². The number of hydrogen-bond donors (Lipinski definition) is 0. The zero-order valence-corrected chi connectivity index (χ0v) is 10.2. The first-order valence-corrected chi connectivity index (χ1v) is 5.52. The maximum absolute atomic E-state index is 11.4. The Morgan fingerprint density at radius 2 is 2.05 bits per heavy atom. The Morgan fingerprint density at radius 3 is 2.79 bits per heavy atom. The Morgan fingerprint density at radius 1 is 1.26 bits per heavy atom. The van der Waals surface area contributed by atoms with Crippen LogP contribution in [0, 0.1) is 6.92 Å². The van der Waals surface area contributed by atoms with Gasteiger partial charge in [-0.2, -0.15) is 0 Å². The third kappa shape index (κ3) is 1.69. The number of benzene rings is 1. The van der Waals surface area contributed by atoms with E-state index in [4.69, 9.17) is 8.83 Å². The second-order valence-corrected chi connectivity index (χ2v) is 4.05. The molecule has 0 aliphatic rings. The highest BCUT2D eigenvalue weighted by Gasteiger charge is 2.18. The standard InChI is InChI=1S/C13H9NO5/c1-6-5-9(15)18-10-7(6)3-4-8-11(10)19-12(14-8)13(16)17-2/h3-5H,1-2H3. The summed E-state index contributed by atoms with van der Waals surface area (Å²) in [6, 6.07) is 4.85. The fraction of sp³-hybridized carbons (Fsp3) is 0.154. The number of rotatable bonds is 1. The van der Waals surface area contributed by atoms with Crippen molar-refractivity contribution in [3.05, 3.63) is 40.1 Å². The van der Waals surface area contributed by atoms with Crippen LogP contribution in [-0.4, -0.2) is 18.1 Å². The van der Waals surface area contributed by atoms with Gasteiger partial charge in [0.05, 0.1) is 7.11 Å². The summed E-state index contributed by atoms with van der Waals surface area (Å²) in [7, 11) is 1.24. The zero-order chi connectivity index (χ0) is 13.6. The van der Waals surface area contributed by atoms with Crippen LogP contribution >= 0.6 is 0 Å². The van der Waals surface area contributed by atoms with E-state index < -0.39 is 11.6 Å². The molecular formula is C13H9NO5. The second kappa shape index (κ2) is 3.94. The predicted molar refractivity (Wildman–Crippen MR) is 66.1 cm³/mol. The van der Waals surface area contributed by atoms with Crippen LogP contribution in [0.2, 0.25) is 0 Å². The van der Waals surface area contributed by atoms with Gasteiger partial charge in [-0.25, -0.2) is 14.6 Å². The normalized spacial score (nSPS) is 11.1. The lowest BCUT2D eigenvalue weighted by atomic mass is 10.1. The van der Waals surface area contributed by atoms with Gasteiger partial charge in [-0.15, -0.1) is 0 Å². The first-order chi connectivity index (χ1) is 9.10. The van der Waals surface area contributed by atoms with Crippen LogP contribution in [-0.2, 0) is 4.74 Å². The minimum absolute atomic E-state index is 0.172. The van der Waals surface area contributed by atoms with Crippen molar-refractivity contribution in [1.29, 1.82) is 0 Å². The van der Waals surface area contributed by atoms with Crippen molar-refractivity contribution in [2.75, 3.05) is 7.11 Å². The molecule has 0 fully saturated rings. The van der Waals surface area contributed by atoms with Crippen molar-refractivity contribution in [1.82, 2.24) is 4.98 Å². The summed E-state index contributed by atoms with van der Waals surface area (Å²) in [6.45, 7) is 1.79. The van der Waals surface area contributed by atoms with Crippen LogP contribution in [0.4, 0.5) is 0 Å². The summed E-state index contributed by atoms with van der Waals surface area (Å²) >= 11 is 0. The average Bonchev–Trinajstić information content (AvgIpc) is 2.81. The molecule has 0 amide bonds. The summed E-state index contributed by atoms with van der Waals surface area (Å²) in [5, 5.41) is 0.736. The van der Waals surface area contributed by atoms with E-state index in [1.54, 1.807) is 19.1 Å². The van der Waals surface area contributed by atoms with Crippen LogP contribution in [0.1, 0.15) is 16.2 Å². The van der Waals surface area contributed by atoms with Crippen LogP contribution < -0.4 is 5.63 Å². The van der Waals surface area contributed by atoms with Crippen molar-refractivity contribution in [3.8, 4) is 0 Å². The molecule has 0 radical (unpaired) electrons. The minimum Gasteiger partial charge on any atom is -0.462 e. The van der Waals surface area contributed by atoms with E-state index >= 15 is 0 Å². The molecule has 0 spiro atoms. The molecule has 0 saturated heterocycles. The fourth-order valence-corrected chi connectivity index (χ4v) is 1.94. The van der Waals surface area contributed by atoms with Gasteiger partial charge in [0.15, 0.2) is 11.2 Å². The van der Waals surface area contributed by atoms with Crippen molar-refractivity contribution >= 4 is 28.0 Å². The number of esters is 1. The maximum atomic E-state index is 11.4. The molecule has 0 aliphatic carbocycles. The lowest BCUT2D eigenvalue weighted by Gasteiger charge is -1.99. The Kier molecular flexibility index (Phi) is 2.38. The van der Waals surface area contributed by atoms with E-state index in [-0.39, 0.29) is 17.1 Å². The van der Waals surface area contributed by atoms with Crippen molar-refractivity contribution in [3.63, 3.8) is 0 Å². The molecule has 0 atom stereocenters. The van der Waals surface area contributed by atoms with Gasteiger partial charge in [0, 0.05) is 11.5 Å². The highest BCUT2D eigenvalue weighted by Crippen LogP contribution is 2.27. The third-order valence-corrected chi connectivity index (χ3v) is 2.83. The lowest BCUT2D eigenvalue weighted by molar-refractivity contribution is 0.0559. The summed E-state index contributed by atoms with van der Waals surface area (Å²) in [4.78, 5) is 26.8. The summed E-state index contributed by atoms with van der Waals surface area (Å²) in [6.07, 6.45) is 0. The van der Waals surface area contributed by atoms with Gasteiger partial charge in [0.2, 0.25) is 0 Å². The molecule has 0 aliphatic heterocycles. The Balaban J connectivity index is 2.42. The van der Waals surface area contributed by atoms with E-state index in [1.807, 2.05) is 0 Å². The Hall–Kier alpha value is -2.63. The molecule has 96 valence electrons. The smallest absolute Gasteiger partial charge is 0.394 e. The Labute approximate surface area is 106 Å². The molecule has 3 rings (SSSR count). The van der Waals surface area contributed by atoms with Crippen LogP contribution in [0.15, 0.2) is 31.8 Å². The van der Waals surface area contributed by atoms with Crippen molar-refractivity contribution in [2.24, 2.45) is 0 Å². The van der Waals surface area contributed by atoms with Gasteiger partial charge in [-0.3, -0.25) is 0 Å². The van der Waals surface area contributed by atoms with Crippen LogP contribution in [0.3, 0.4) is 0 Å². The number of nitrogens with zero attached hydrogens (tertiary/aromatic N) is 1. The molecule has 6 nitrogen and oxygen atoms in total. The molecular weight excluding hydrogens is 250 g/mol. The van der Waals surface area contributed by atoms with E-state index in [2.05, 4.69) is 9.72 Å².